The first-order valence-corrected chi connectivity index (χ1v) is 6.59. The quantitative estimate of drug-likeness (QED) is 0.873. The van der Waals surface area contributed by atoms with Crippen molar-refractivity contribution in [2.45, 2.75) is 26.2 Å². The molecule has 0 aliphatic heterocycles. The second kappa shape index (κ2) is 5.48. The minimum Gasteiger partial charge on any atom is -0.369 e. The first-order valence-electron chi connectivity index (χ1n) is 5.80. The summed E-state index contributed by atoms with van der Waals surface area (Å²) in [6.07, 6.45) is 5.85. The van der Waals surface area contributed by atoms with E-state index in [2.05, 4.69) is 36.5 Å². The van der Waals surface area contributed by atoms with Gasteiger partial charge in [0, 0.05) is 19.3 Å². The molecule has 4 nitrogen and oxygen atoms in total. The number of halogens is 1. The third-order valence-corrected chi connectivity index (χ3v) is 3.44. The molecule has 88 valence electrons. The Balaban J connectivity index is 1.96. The summed E-state index contributed by atoms with van der Waals surface area (Å²) >= 11 is 3.46. The van der Waals surface area contributed by atoms with Crippen LogP contribution in [0.25, 0.3) is 0 Å². The summed E-state index contributed by atoms with van der Waals surface area (Å²) in [5.74, 6) is 2.39. The van der Waals surface area contributed by atoms with E-state index in [0.717, 1.165) is 29.3 Å². The van der Waals surface area contributed by atoms with E-state index in [0.29, 0.717) is 5.95 Å². The molecular weight excluding hydrogens is 268 g/mol. The van der Waals surface area contributed by atoms with Gasteiger partial charge in [-0.2, -0.15) is 4.98 Å². The Kier molecular flexibility index (Phi) is 3.98. The van der Waals surface area contributed by atoms with Crippen molar-refractivity contribution in [1.29, 1.82) is 0 Å². The summed E-state index contributed by atoms with van der Waals surface area (Å²) < 4.78 is 0.925. The van der Waals surface area contributed by atoms with Gasteiger partial charge in [0.25, 0.3) is 0 Å². The first-order chi connectivity index (χ1) is 7.79. The van der Waals surface area contributed by atoms with Gasteiger partial charge in [-0.05, 0) is 41.6 Å². The fourth-order valence-corrected chi connectivity index (χ4v) is 2.00. The summed E-state index contributed by atoms with van der Waals surface area (Å²) in [6, 6.07) is 0. The van der Waals surface area contributed by atoms with E-state index in [9.17, 15) is 0 Å². The van der Waals surface area contributed by atoms with Crippen LogP contribution >= 0.6 is 15.9 Å². The number of aromatic nitrogens is 2. The Morgan fingerprint density at radius 1 is 1.44 bits per heavy atom. The van der Waals surface area contributed by atoms with Gasteiger partial charge < -0.3 is 10.6 Å². The van der Waals surface area contributed by atoms with Gasteiger partial charge in [0.1, 0.15) is 5.82 Å². The maximum absolute atomic E-state index is 4.41. The van der Waals surface area contributed by atoms with Crippen LogP contribution in [-0.4, -0.2) is 23.1 Å². The van der Waals surface area contributed by atoms with Crippen molar-refractivity contribution < 1.29 is 0 Å². The summed E-state index contributed by atoms with van der Waals surface area (Å²) in [5.41, 5.74) is 0. The van der Waals surface area contributed by atoms with E-state index in [1.165, 1.54) is 19.3 Å². The minimum atomic E-state index is 0.682. The van der Waals surface area contributed by atoms with Crippen LogP contribution in [0.1, 0.15) is 26.2 Å². The number of hydrogen-bond acceptors (Lipinski definition) is 4. The standard InChI is InChI=1S/C11H17BrN4/c1-2-13-11-15-7-9(12)10(16-11)14-6-8-4-3-5-8/h7-8H,2-6H2,1H3,(H2,13,14,15,16). The lowest BCUT2D eigenvalue weighted by Crippen LogP contribution is -2.21. The molecule has 0 aromatic carbocycles. The molecule has 16 heavy (non-hydrogen) atoms. The van der Waals surface area contributed by atoms with Gasteiger partial charge in [0.15, 0.2) is 0 Å². The van der Waals surface area contributed by atoms with Crippen molar-refractivity contribution in [3.8, 4) is 0 Å². The van der Waals surface area contributed by atoms with Gasteiger partial charge in [0.05, 0.1) is 4.47 Å². The van der Waals surface area contributed by atoms with Crippen molar-refractivity contribution in [3.63, 3.8) is 0 Å². The van der Waals surface area contributed by atoms with Gasteiger partial charge >= 0.3 is 0 Å². The number of hydrogen-bond donors (Lipinski definition) is 2. The van der Waals surface area contributed by atoms with Crippen LogP contribution in [-0.2, 0) is 0 Å². The molecule has 2 rings (SSSR count). The SMILES string of the molecule is CCNc1ncc(Br)c(NCC2CCC2)n1. The lowest BCUT2D eigenvalue weighted by molar-refractivity contribution is 0.333. The maximum Gasteiger partial charge on any atom is 0.224 e. The molecule has 0 unspecified atom stereocenters. The van der Waals surface area contributed by atoms with Crippen molar-refractivity contribution >= 4 is 27.7 Å². The minimum absolute atomic E-state index is 0.682. The average Bonchev–Trinajstić information content (AvgIpc) is 2.21. The van der Waals surface area contributed by atoms with E-state index in [1.54, 1.807) is 6.20 Å². The molecule has 1 saturated carbocycles. The zero-order valence-electron chi connectivity index (χ0n) is 9.46. The van der Waals surface area contributed by atoms with Crippen LogP contribution < -0.4 is 10.6 Å². The highest BCUT2D eigenvalue weighted by atomic mass is 79.9. The molecule has 1 aromatic rings. The molecule has 1 fully saturated rings. The van der Waals surface area contributed by atoms with E-state index in [-0.39, 0.29) is 0 Å². The summed E-state index contributed by atoms with van der Waals surface area (Å²) in [6.45, 7) is 3.89. The van der Waals surface area contributed by atoms with Crippen LogP contribution in [0.15, 0.2) is 10.7 Å². The molecule has 0 atom stereocenters. The van der Waals surface area contributed by atoms with Crippen LogP contribution in [0.5, 0.6) is 0 Å². The normalized spacial score (nSPS) is 15.6. The molecule has 1 aliphatic rings. The smallest absolute Gasteiger partial charge is 0.224 e. The molecule has 1 aliphatic carbocycles. The maximum atomic E-state index is 4.41. The number of anilines is 2. The van der Waals surface area contributed by atoms with Gasteiger partial charge in [-0.25, -0.2) is 4.98 Å². The Bertz CT molecular complexity index is 352. The largest absolute Gasteiger partial charge is 0.369 e. The number of nitrogens with one attached hydrogen (secondary N) is 2. The topological polar surface area (TPSA) is 49.8 Å². The van der Waals surface area contributed by atoms with E-state index in [1.807, 2.05) is 6.92 Å². The van der Waals surface area contributed by atoms with Crippen molar-refractivity contribution in [1.82, 2.24) is 9.97 Å². The molecule has 1 aromatic heterocycles. The zero-order valence-corrected chi connectivity index (χ0v) is 11.0. The van der Waals surface area contributed by atoms with Gasteiger partial charge in [0.2, 0.25) is 5.95 Å². The molecule has 0 spiro atoms. The van der Waals surface area contributed by atoms with Gasteiger partial charge in [-0.15, -0.1) is 0 Å². The first kappa shape index (κ1) is 11.6. The van der Waals surface area contributed by atoms with Crippen molar-refractivity contribution in [2.24, 2.45) is 5.92 Å². The van der Waals surface area contributed by atoms with E-state index < -0.39 is 0 Å². The lowest BCUT2D eigenvalue weighted by atomic mass is 9.85. The van der Waals surface area contributed by atoms with Crippen molar-refractivity contribution in [3.05, 3.63) is 10.7 Å². The molecular formula is C11H17BrN4. The Morgan fingerprint density at radius 3 is 2.88 bits per heavy atom. The fraction of sp³-hybridized carbons (Fsp3) is 0.636. The third kappa shape index (κ3) is 2.84. The van der Waals surface area contributed by atoms with Crippen LogP contribution in [0.3, 0.4) is 0 Å². The summed E-state index contributed by atoms with van der Waals surface area (Å²) in [5, 5.41) is 6.48. The molecule has 1 heterocycles. The van der Waals surface area contributed by atoms with Gasteiger partial charge in [-0.1, -0.05) is 6.42 Å². The number of nitrogens with zero attached hydrogens (tertiary/aromatic N) is 2. The third-order valence-electron chi connectivity index (χ3n) is 2.86. The highest BCUT2D eigenvalue weighted by Crippen LogP contribution is 2.27. The lowest BCUT2D eigenvalue weighted by Gasteiger charge is -2.25. The summed E-state index contributed by atoms with van der Waals surface area (Å²) in [4.78, 5) is 8.59. The van der Waals surface area contributed by atoms with Crippen LogP contribution in [0, 0.1) is 5.92 Å². The second-order valence-electron chi connectivity index (χ2n) is 4.10. The van der Waals surface area contributed by atoms with Gasteiger partial charge in [-0.3, -0.25) is 0 Å². The fourth-order valence-electron chi connectivity index (χ4n) is 1.67. The predicted octanol–water partition coefficient (Wildman–Crippen LogP) is 2.88. The Morgan fingerprint density at radius 2 is 2.25 bits per heavy atom. The molecule has 0 saturated heterocycles. The molecule has 0 radical (unpaired) electrons. The second-order valence-corrected chi connectivity index (χ2v) is 4.95. The van der Waals surface area contributed by atoms with E-state index in [4.69, 9.17) is 0 Å². The highest BCUT2D eigenvalue weighted by Gasteiger charge is 2.17. The van der Waals surface area contributed by atoms with E-state index >= 15 is 0 Å². The Labute approximate surface area is 104 Å². The zero-order chi connectivity index (χ0) is 11.4. The van der Waals surface area contributed by atoms with Crippen LogP contribution in [0.2, 0.25) is 0 Å². The monoisotopic (exact) mass is 284 g/mol. The van der Waals surface area contributed by atoms with Crippen molar-refractivity contribution in [2.75, 3.05) is 23.7 Å². The molecule has 0 amide bonds. The molecule has 5 heteroatoms. The average molecular weight is 285 g/mol. The highest BCUT2D eigenvalue weighted by molar-refractivity contribution is 9.10. The predicted molar refractivity (Wildman–Crippen MR) is 69.7 cm³/mol. The molecule has 2 N–H and O–H groups in total. The molecule has 0 bridgehead atoms. The van der Waals surface area contributed by atoms with Crippen LogP contribution in [0.4, 0.5) is 11.8 Å². The Hall–Kier alpha value is -0.840. The summed E-state index contributed by atoms with van der Waals surface area (Å²) in [7, 11) is 0. The number of rotatable bonds is 5.